The summed E-state index contributed by atoms with van der Waals surface area (Å²) in [6.07, 6.45) is 4.72. The largest absolute Gasteiger partial charge is 0.507 e. The molecule has 2 fully saturated rings. The first-order valence-corrected chi connectivity index (χ1v) is 7.80. The normalized spacial score (nSPS) is 21.8. The zero-order chi connectivity index (χ0) is 12.8. The van der Waals surface area contributed by atoms with Crippen molar-refractivity contribution in [2.75, 3.05) is 6.54 Å². The molecule has 0 spiro atoms. The number of benzene rings is 1. The Morgan fingerprint density at radius 3 is 2.50 bits per heavy atom. The number of hydrogen-bond donors (Lipinski definition) is 2. The van der Waals surface area contributed by atoms with E-state index >= 15 is 0 Å². The fraction of sp³-hybridized carbons (Fsp3) is 0.538. The van der Waals surface area contributed by atoms with Crippen LogP contribution in [-0.4, -0.2) is 20.1 Å². The molecule has 98 valence electrons. The van der Waals surface area contributed by atoms with Gasteiger partial charge in [0.05, 0.1) is 0 Å². The summed E-state index contributed by atoms with van der Waals surface area (Å²) in [5.41, 5.74) is 0.220. The minimum absolute atomic E-state index is 0.0309. The molecule has 0 saturated heterocycles. The van der Waals surface area contributed by atoms with Gasteiger partial charge in [0.15, 0.2) is 0 Å². The maximum Gasteiger partial charge on any atom is 0.244 e. The van der Waals surface area contributed by atoms with Crippen LogP contribution in [0.5, 0.6) is 5.75 Å². The lowest BCUT2D eigenvalue weighted by atomic mass is 10.0. The van der Waals surface area contributed by atoms with Crippen LogP contribution in [0, 0.1) is 11.3 Å². The van der Waals surface area contributed by atoms with Gasteiger partial charge in [-0.05, 0) is 49.1 Å². The van der Waals surface area contributed by atoms with E-state index < -0.39 is 10.0 Å². The molecule has 0 unspecified atom stereocenters. The molecule has 18 heavy (non-hydrogen) atoms. The Hall–Kier alpha value is -1.07. The summed E-state index contributed by atoms with van der Waals surface area (Å²) in [5, 5.41) is 9.59. The predicted octanol–water partition coefficient (Wildman–Crippen LogP) is 1.86. The third kappa shape index (κ3) is 2.12. The summed E-state index contributed by atoms with van der Waals surface area (Å²) in [6.45, 7) is 0.508. The Kier molecular flexibility index (Phi) is 2.64. The van der Waals surface area contributed by atoms with E-state index in [9.17, 15) is 13.5 Å². The zero-order valence-electron chi connectivity index (χ0n) is 10.1. The molecule has 3 rings (SSSR count). The molecule has 1 aromatic carbocycles. The Morgan fingerprint density at radius 1 is 1.28 bits per heavy atom. The summed E-state index contributed by atoms with van der Waals surface area (Å²) in [6, 6.07) is 6.04. The van der Waals surface area contributed by atoms with Crippen LogP contribution in [0.25, 0.3) is 0 Å². The van der Waals surface area contributed by atoms with Crippen molar-refractivity contribution >= 4 is 10.0 Å². The molecule has 0 amide bonds. The molecule has 2 N–H and O–H groups in total. The second-order valence-corrected chi connectivity index (χ2v) is 7.16. The van der Waals surface area contributed by atoms with Gasteiger partial charge in [-0.25, -0.2) is 13.1 Å². The summed E-state index contributed by atoms with van der Waals surface area (Å²) >= 11 is 0. The highest BCUT2D eigenvalue weighted by Gasteiger charge is 2.53. The molecule has 4 nitrogen and oxygen atoms in total. The first kappa shape index (κ1) is 12.0. The van der Waals surface area contributed by atoms with E-state index in [0.29, 0.717) is 12.5 Å². The van der Waals surface area contributed by atoms with Crippen molar-refractivity contribution in [1.82, 2.24) is 4.72 Å². The summed E-state index contributed by atoms with van der Waals surface area (Å²) in [5.74, 6) is 0.519. The number of phenolic OH excluding ortho intramolecular Hbond substituents is 1. The van der Waals surface area contributed by atoms with Gasteiger partial charge in [-0.1, -0.05) is 12.1 Å². The Morgan fingerprint density at radius 2 is 1.94 bits per heavy atom. The van der Waals surface area contributed by atoms with Gasteiger partial charge in [0.25, 0.3) is 0 Å². The van der Waals surface area contributed by atoms with Gasteiger partial charge in [0, 0.05) is 6.54 Å². The van der Waals surface area contributed by atoms with Crippen LogP contribution >= 0.6 is 0 Å². The molecule has 0 heterocycles. The standard InChI is InChI=1S/C13H17NO3S/c15-11-3-1-2-4-12(11)18(16,17)14-9-13(7-8-13)10-5-6-10/h1-4,10,14-15H,5-9H2. The summed E-state index contributed by atoms with van der Waals surface area (Å²) in [7, 11) is -3.59. The maximum atomic E-state index is 12.1. The highest BCUT2D eigenvalue weighted by atomic mass is 32.2. The van der Waals surface area contributed by atoms with Gasteiger partial charge in [-0.3, -0.25) is 0 Å². The molecular weight excluding hydrogens is 250 g/mol. The number of rotatable bonds is 5. The van der Waals surface area contributed by atoms with Gasteiger partial charge in [-0.2, -0.15) is 0 Å². The lowest BCUT2D eigenvalue weighted by Gasteiger charge is -2.15. The van der Waals surface area contributed by atoms with Gasteiger partial charge in [0.1, 0.15) is 10.6 Å². The second kappa shape index (κ2) is 3.96. The fourth-order valence-electron chi connectivity index (χ4n) is 2.59. The quantitative estimate of drug-likeness (QED) is 0.855. The molecule has 0 atom stereocenters. The van der Waals surface area contributed by atoms with E-state index in [1.165, 1.54) is 25.0 Å². The minimum atomic E-state index is -3.59. The molecule has 1 aromatic rings. The van der Waals surface area contributed by atoms with Crippen molar-refractivity contribution in [2.45, 2.75) is 30.6 Å². The first-order chi connectivity index (χ1) is 8.54. The van der Waals surface area contributed by atoms with Gasteiger partial charge in [0.2, 0.25) is 10.0 Å². The van der Waals surface area contributed by atoms with Crippen molar-refractivity contribution in [3.8, 4) is 5.75 Å². The number of sulfonamides is 1. The highest BCUT2D eigenvalue weighted by molar-refractivity contribution is 7.89. The number of nitrogens with one attached hydrogen (secondary N) is 1. The van der Waals surface area contributed by atoms with Crippen LogP contribution in [0.1, 0.15) is 25.7 Å². The van der Waals surface area contributed by atoms with Crippen LogP contribution in [0.4, 0.5) is 0 Å². The molecular formula is C13H17NO3S. The maximum absolute atomic E-state index is 12.1. The molecule has 0 aromatic heterocycles. The van der Waals surface area contributed by atoms with Crippen LogP contribution in [-0.2, 0) is 10.0 Å². The third-order valence-corrected chi connectivity index (χ3v) is 5.55. The molecule has 2 saturated carbocycles. The summed E-state index contributed by atoms with van der Waals surface area (Å²) < 4.78 is 26.9. The predicted molar refractivity (Wildman–Crippen MR) is 67.7 cm³/mol. The van der Waals surface area contributed by atoms with Crippen molar-refractivity contribution in [1.29, 1.82) is 0 Å². The molecule has 2 aliphatic rings. The average Bonchev–Trinajstić information content (AvgIpc) is 3.19. The Balaban J connectivity index is 1.73. The van der Waals surface area contributed by atoms with E-state index in [4.69, 9.17) is 0 Å². The fourth-order valence-corrected chi connectivity index (χ4v) is 3.82. The minimum Gasteiger partial charge on any atom is -0.507 e. The Bertz CT molecular complexity index is 559. The molecule has 0 bridgehead atoms. The number of para-hydroxylation sites is 1. The van der Waals surface area contributed by atoms with Crippen LogP contribution < -0.4 is 4.72 Å². The highest BCUT2D eigenvalue weighted by Crippen LogP contribution is 2.60. The van der Waals surface area contributed by atoms with Crippen molar-refractivity contribution < 1.29 is 13.5 Å². The lowest BCUT2D eigenvalue weighted by Crippen LogP contribution is -2.31. The first-order valence-electron chi connectivity index (χ1n) is 6.31. The van der Waals surface area contributed by atoms with E-state index in [2.05, 4.69) is 4.72 Å². The zero-order valence-corrected chi connectivity index (χ0v) is 10.9. The third-order valence-electron chi connectivity index (χ3n) is 4.10. The summed E-state index contributed by atoms with van der Waals surface area (Å²) in [4.78, 5) is -0.0309. The molecule has 5 heteroatoms. The number of phenols is 1. The number of aromatic hydroxyl groups is 1. The van der Waals surface area contributed by atoms with Gasteiger partial charge < -0.3 is 5.11 Å². The SMILES string of the molecule is O=S(=O)(NCC1(C2CC2)CC1)c1ccccc1O. The molecule has 0 radical (unpaired) electrons. The monoisotopic (exact) mass is 267 g/mol. The molecule has 0 aliphatic heterocycles. The smallest absolute Gasteiger partial charge is 0.244 e. The average molecular weight is 267 g/mol. The topological polar surface area (TPSA) is 66.4 Å². The van der Waals surface area contributed by atoms with E-state index in [0.717, 1.165) is 12.8 Å². The van der Waals surface area contributed by atoms with E-state index in [1.807, 2.05) is 0 Å². The van der Waals surface area contributed by atoms with Crippen LogP contribution in [0.2, 0.25) is 0 Å². The van der Waals surface area contributed by atoms with Crippen molar-refractivity contribution in [3.05, 3.63) is 24.3 Å². The van der Waals surface area contributed by atoms with Crippen LogP contribution in [0.3, 0.4) is 0 Å². The van der Waals surface area contributed by atoms with Crippen molar-refractivity contribution in [2.24, 2.45) is 11.3 Å². The molecule has 2 aliphatic carbocycles. The van der Waals surface area contributed by atoms with E-state index in [-0.39, 0.29) is 16.1 Å². The van der Waals surface area contributed by atoms with E-state index in [1.54, 1.807) is 12.1 Å². The van der Waals surface area contributed by atoms with Gasteiger partial charge in [-0.15, -0.1) is 0 Å². The van der Waals surface area contributed by atoms with Crippen LogP contribution in [0.15, 0.2) is 29.2 Å². The van der Waals surface area contributed by atoms with Crippen molar-refractivity contribution in [3.63, 3.8) is 0 Å². The Labute approximate surface area is 107 Å². The second-order valence-electron chi connectivity index (χ2n) is 5.43. The number of hydrogen-bond acceptors (Lipinski definition) is 3. The van der Waals surface area contributed by atoms with Gasteiger partial charge >= 0.3 is 0 Å². The lowest BCUT2D eigenvalue weighted by molar-refractivity contribution is 0.429.